The molecule has 0 heterocycles. The Hall–Kier alpha value is -1.67. The first kappa shape index (κ1) is 29.3. The van der Waals surface area contributed by atoms with Gasteiger partial charge in [-0.3, -0.25) is 14.9 Å². The van der Waals surface area contributed by atoms with E-state index in [-0.39, 0.29) is 18.1 Å². The van der Waals surface area contributed by atoms with Gasteiger partial charge < -0.3 is 20.9 Å². The lowest BCUT2D eigenvalue weighted by Gasteiger charge is -2.26. The van der Waals surface area contributed by atoms with E-state index >= 15 is 0 Å². The van der Waals surface area contributed by atoms with Gasteiger partial charge in [-0.15, -0.1) is 0 Å². The molecule has 0 saturated heterocycles. The van der Waals surface area contributed by atoms with Gasteiger partial charge in [0.25, 0.3) is 0 Å². The Balaban J connectivity index is 0.00000161. The number of carbonyl (C=O) groups excluding carboxylic acids is 2. The summed E-state index contributed by atoms with van der Waals surface area (Å²) in [6.45, 7) is 11.5. The number of hydrogen-bond acceptors (Lipinski definition) is 6. The van der Waals surface area contributed by atoms with E-state index in [1.165, 1.54) is 6.42 Å². The van der Waals surface area contributed by atoms with E-state index in [0.29, 0.717) is 18.8 Å². The third-order valence-electron chi connectivity index (χ3n) is 4.90. The van der Waals surface area contributed by atoms with Crippen molar-refractivity contribution in [2.24, 2.45) is 11.7 Å². The van der Waals surface area contributed by atoms with Crippen LogP contribution in [-0.2, 0) is 19.1 Å². The number of nitrogens with one attached hydrogen (secondary N) is 2. The van der Waals surface area contributed by atoms with Crippen molar-refractivity contribution in [1.29, 1.82) is 0 Å². The molecule has 0 bridgehead atoms. The minimum atomic E-state index is -1.01. The fraction of sp³-hybridized carbons (Fsp3) is 0.870. The van der Waals surface area contributed by atoms with E-state index in [2.05, 4.69) is 10.6 Å². The average Bonchev–Trinajstić information content (AvgIpc) is 2.66. The van der Waals surface area contributed by atoms with Crippen LogP contribution in [0.1, 0.15) is 92.9 Å². The molecule has 1 aliphatic rings. The SMILES string of the molecule is CC(C)(C)N.CCC[C@H](N[C@@H](C)C(=O)N[C@@H](CC1CCCCC1)C(=O)O)C(=O)OCC. The largest absolute Gasteiger partial charge is 0.480 e. The van der Waals surface area contributed by atoms with E-state index in [1.54, 1.807) is 13.8 Å². The second-order valence-electron chi connectivity index (χ2n) is 9.49. The van der Waals surface area contributed by atoms with Crippen molar-refractivity contribution in [1.82, 2.24) is 10.6 Å². The lowest BCUT2D eigenvalue weighted by Crippen LogP contribution is -2.53. The number of carboxylic acid groups (broad SMARTS) is 1. The minimum absolute atomic E-state index is 0. The predicted molar refractivity (Wildman–Crippen MR) is 123 cm³/mol. The maximum atomic E-state index is 12.4. The summed E-state index contributed by atoms with van der Waals surface area (Å²) in [5.74, 6) is -1.45. The zero-order valence-corrected chi connectivity index (χ0v) is 20.3. The Kier molecular flexibility index (Phi) is 14.4. The highest BCUT2D eigenvalue weighted by Gasteiger charge is 2.29. The van der Waals surface area contributed by atoms with Crippen LogP contribution in [0.3, 0.4) is 0 Å². The Bertz CT molecular complexity index is 536. The summed E-state index contributed by atoms with van der Waals surface area (Å²) in [4.78, 5) is 35.9. The standard InChI is InChI=1S/C19H34N2O5.C4H11N/c1-4-9-15(19(25)26-5-2)20-13(3)17(22)21-16(18(23)24)12-14-10-7-6-8-11-14;1-4(2,3)5/h13-16,20H,4-12H2,1-3H3,(H,21,22)(H,23,24);5H2,1-3H3/t13-,15-,16-;/m0./s1. The second kappa shape index (κ2) is 15.2. The lowest BCUT2D eigenvalue weighted by atomic mass is 9.85. The number of nitrogens with two attached hydrogens (primary N) is 1. The highest BCUT2D eigenvalue weighted by molar-refractivity contribution is 5.87. The zero-order chi connectivity index (χ0) is 24.0. The summed E-state index contributed by atoms with van der Waals surface area (Å²) in [5, 5.41) is 15.0. The van der Waals surface area contributed by atoms with Crippen molar-refractivity contribution in [3.8, 4) is 0 Å². The summed E-state index contributed by atoms with van der Waals surface area (Å²) in [7, 11) is 0. The van der Waals surface area contributed by atoms with Crippen molar-refractivity contribution in [3.05, 3.63) is 0 Å². The van der Waals surface area contributed by atoms with Crippen molar-refractivity contribution in [2.75, 3.05) is 6.61 Å². The molecule has 1 aliphatic carbocycles. The van der Waals surface area contributed by atoms with Gasteiger partial charge in [0.1, 0.15) is 12.1 Å². The van der Waals surface area contributed by atoms with Crippen LogP contribution in [-0.4, -0.2) is 53.2 Å². The van der Waals surface area contributed by atoms with Gasteiger partial charge in [-0.25, -0.2) is 4.79 Å². The Labute approximate surface area is 188 Å². The Morgan fingerprint density at radius 1 is 1.10 bits per heavy atom. The molecule has 5 N–H and O–H groups in total. The molecule has 8 heteroatoms. The molecule has 3 atom stereocenters. The maximum Gasteiger partial charge on any atom is 0.326 e. The molecule has 0 spiro atoms. The van der Waals surface area contributed by atoms with Gasteiger partial charge in [0.15, 0.2) is 0 Å². The monoisotopic (exact) mass is 443 g/mol. The second-order valence-corrected chi connectivity index (χ2v) is 9.49. The van der Waals surface area contributed by atoms with Crippen LogP contribution in [0.25, 0.3) is 0 Å². The molecule has 0 unspecified atom stereocenters. The number of rotatable bonds is 11. The molecule has 1 amide bonds. The van der Waals surface area contributed by atoms with Gasteiger partial charge in [-0.2, -0.15) is 0 Å². The van der Waals surface area contributed by atoms with Crippen LogP contribution in [0.4, 0.5) is 0 Å². The van der Waals surface area contributed by atoms with Crippen LogP contribution in [0.15, 0.2) is 0 Å². The first-order valence-electron chi connectivity index (χ1n) is 11.6. The van der Waals surface area contributed by atoms with Gasteiger partial charge in [0, 0.05) is 5.54 Å². The topological polar surface area (TPSA) is 131 Å². The first-order valence-corrected chi connectivity index (χ1v) is 11.6. The first-order chi connectivity index (χ1) is 14.4. The molecule has 1 saturated carbocycles. The van der Waals surface area contributed by atoms with Gasteiger partial charge in [0.2, 0.25) is 5.91 Å². The molecule has 8 nitrogen and oxygen atoms in total. The molecular weight excluding hydrogens is 398 g/mol. The maximum absolute atomic E-state index is 12.4. The highest BCUT2D eigenvalue weighted by atomic mass is 16.5. The summed E-state index contributed by atoms with van der Waals surface area (Å²) >= 11 is 0. The molecule has 0 aromatic rings. The molecule has 0 aromatic carbocycles. The van der Waals surface area contributed by atoms with E-state index in [4.69, 9.17) is 10.5 Å². The minimum Gasteiger partial charge on any atom is -0.480 e. The van der Waals surface area contributed by atoms with Gasteiger partial charge in [-0.05, 0) is 53.4 Å². The zero-order valence-electron chi connectivity index (χ0n) is 20.3. The molecule has 31 heavy (non-hydrogen) atoms. The van der Waals surface area contributed by atoms with Crippen molar-refractivity contribution < 1.29 is 24.2 Å². The quantitative estimate of drug-likeness (QED) is 0.361. The molecule has 0 aliphatic heterocycles. The number of esters is 1. The van der Waals surface area contributed by atoms with Crippen LogP contribution >= 0.6 is 0 Å². The normalized spacial score (nSPS) is 17.5. The van der Waals surface area contributed by atoms with Gasteiger partial charge in [-0.1, -0.05) is 45.4 Å². The smallest absolute Gasteiger partial charge is 0.326 e. The van der Waals surface area contributed by atoms with Crippen LogP contribution in [0, 0.1) is 5.92 Å². The predicted octanol–water partition coefficient (Wildman–Crippen LogP) is 2.98. The third kappa shape index (κ3) is 14.9. The van der Waals surface area contributed by atoms with E-state index in [9.17, 15) is 19.5 Å². The summed E-state index contributed by atoms with van der Waals surface area (Å²) < 4.78 is 5.03. The van der Waals surface area contributed by atoms with Crippen LogP contribution in [0.2, 0.25) is 0 Å². The molecule has 0 aromatic heterocycles. The molecule has 182 valence electrons. The van der Waals surface area contributed by atoms with Crippen LogP contribution < -0.4 is 16.4 Å². The third-order valence-corrected chi connectivity index (χ3v) is 4.90. The van der Waals surface area contributed by atoms with Gasteiger partial charge >= 0.3 is 11.9 Å². The van der Waals surface area contributed by atoms with E-state index < -0.39 is 30.0 Å². The Morgan fingerprint density at radius 3 is 2.10 bits per heavy atom. The highest BCUT2D eigenvalue weighted by Crippen LogP contribution is 2.27. The van der Waals surface area contributed by atoms with Crippen molar-refractivity contribution in [3.63, 3.8) is 0 Å². The van der Waals surface area contributed by atoms with Crippen molar-refractivity contribution in [2.45, 2.75) is 117 Å². The molecule has 0 radical (unpaired) electrons. The van der Waals surface area contributed by atoms with Crippen molar-refractivity contribution >= 4 is 17.8 Å². The fourth-order valence-corrected chi connectivity index (χ4v) is 3.45. The number of ether oxygens (including phenoxy) is 1. The summed E-state index contributed by atoms with van der Waals surface area (Å²) in [5.41, 5.74) is 5.35. The summed E-state index contributed by atoms with van der Waals surface area (Å²) in [6, 6.07) is -2.13. The van der Waals surface area contributed by atoms with Crippen LogP contribution in [0.5, 0.6) is 0 Å². The van der Waals surface area contributed by atoms with Gasteiger partial charge in [0.05, 0.1) is 12.6 Å². The average molecular weight is 444 g/mol. The summed E-state index contributed by atoms with van der Waals surface area (Å²) in [6.07, 6.45) is 7.29. The van der Waals surface area contributed by atoms with E-state index in [0.717, 1.165) is 32.1 Å². The number of hydrogen-bond donors (Lipinski definition) is 4. The number of amides is 1. The van der Waals surface area contributed by atoms with E-state index in [1.807, 2.05) is 27.7 Å². The fourth-order valence-electron chi connectivity index (χ4n) is 3.45. The number of carboxylic acids is 1. The molecule has 1 fully saturated rings. The number of aliphatic carboxylic acids is 1. The molecule has 1 rings (SSSR count). The Morgan fingerprint density at radius 2 is 1.65 bits per heavy atom. The number of carbonyl (C=O) groups is 3. The lowest BCUT2D eigenvalue weighted by molar-refractivity contribution is -0.147. The molecular formula is C23H45N3O5.